The molecule has 28 heavy (non-hydrogen) atoms. The summed E-state index contributed by atoms with van der Waals surface area (Å²) in [6, 6.07) is 23.5. The third kappa shape index (κ3) is 4.50. The summed E-state index contributed by atoms with van der Waals surface area (Å²) < 4.78 is 32.7. The molecule has 0 unspecified atom stereocenters. The van der Waals surface area contributed by atoms with Crippen molar-refractivity contribution in [1.82, 2.24) is 0 Å². The summed E-state index contributed by atoms with van der Waals surface area (Å²) in [5.41, 5.74) is 0.932. The molecule has 144 valence electrons. The highest BCUT2D eigenvalue weighted by atomic mass is 32.2. The van der Waals surface area contributed by atoms with Gasteiger partial charge in [-0.1, -0.05) is 42.5 Å². The molecule has 3 aromatic carbocycles. The first-order valence-electron chi connectivity index (χ1n) is 8.57. The van der Waals surface area contributed by atoms with Crippen LogP contribution in [0, 0.1) is 0 Å². The fraction of sp³-hybridized carbons (Fsp3) is 0.0952. The van der Waals surface area contributed by atoms with Gasteiger partial charge in [-0.05, 0) is 36.4 Å². The molecular weight excluding hydrogens is 376 g/mol. The largest absolute Gasteiger partial charge is 0.497 e. The number of anilines is 2. The molecule has 0 aliphatic carbocycles. The molecule has 0 bridgehead atoms. The van der Waals surface area contributed by atoms with Crippen molar-refractivity contribution in [2.75, 3.05) is 23.3 Å². The second kappa shape index (κ2) is 8.58. The summed E-state index contributed by atoms with van der Waals surface area (Å²) in [5, 5.41) is 2.72. The molecule has 3 aromatic rings. The maximum Gasteiger partial charge on any atom is 0.264 e. The fourth-order valence-corrected chi connectivity index (χ4v) is 4.09. The maximum absolute atomic E-state index is 13.2. The Morgan fingerprint density at radius 1 is 0.929 bits per heavy atom. The van der Waals surface area contributed by atoms with E-state index in [4.69, 9.17) is 4.74 Å². The SMILES string of the molecule is COc1cccc(N(CC(=O)Nc2ccccc2)S(=O)(=O)c2ccccc2)c1. The van der Waals surface area contributed by atoms with Gasteiger partial charge in [0.15, 0.2) is 0 Å². The van der Waals surface area contributed by atoms with Gasteiger partial charge in [0, 0.05) is 11.8 Å². The third-order valence-corrected chi connectivity index (χ3v) is 5.81. The molecule has 0 fully saturated rings. The summed E-state index contributed by atoms with van der Waals surface area (Å²) in [5.74, 6) is 0.0442. The lowest BCUT2D eigenvalue weighted by Gasteiger charge is -2.24. The smallest absolute Gasteiger partial charge is 0.264 e. The Hall–Kier alpha value is -3.32. The molecule has 0 aromatic heterocycles. The van der Waals surface area contributed by atoms with E-state index in [0.29, 0.717) is 17.1 Å². The van der Waals surface area contributed by atoms with Crippen LogP contribution in [0.3, 0.4) is 0 Å². The van der Waals surface area contributed by atoms with Crippen molar-refractivity contribution in [2.45, 2.75) is 4.90 Å². The highest BCUT2D eigenvalue weighted by molar-refractivity contribution is 7.92. The molecule has 0 heterocycles. The first kappa shape index (κ1) is 19.4. The molecule has 0 saturated heterocycles. The van der Waals surface area contributed by atoms with Crippen molar-refractivity contribution in [3.8, 4) is 5.75 Å². The van der Waals surface area contributed by atoms with Gasteiger partial charge in [-0.3, -0.25) is 9.10 Å². The van der Waals surface area contributed by atoms with Crippen LogP contribution in [0.25, 0.3) is 0 Å². The lowest BCUT2D eigenvalue weighted by Crippen LogP contribution is -2.38. The zero-order chi connectivity index (χ0) is 20.0. The van der Waals surface area contributed by atoms with Crippen molar-refractivity contribution >= 4 is 27.3 Å². The highest BCUT2D eigenvalue weighted by Gasteiger charge is 2.27. The van der Waals surface area contributed by atoms with E-state index in [1.807, 2.05) is 6.07 Å². The zero-order valence-electron chi connectivity index (χ0n) is 15.3. The van der Waals surface area contributed by atoms with Gasteiger partial charge in [0.2, 0.25) is 5.91 Å². The molecule has 6 nitrogen and oxygen atoms in total. The molecular formula is C21H20N2O4S. The second-order valence-corrected chi connectivity index (χ2v) is 7.80. The number of methoxy groups -OCH3 is 1. The van der Waals surface area contributed by atoms with Crippen LogP contribution in [0.15, 0.2) is 89.8 Å². The standard InChI is InChI=1S/C21H20N2O4S/c1-27-19-12-8-11-18(15-19)23(28(25,26)20-13-6-3-7-14-20)16-21(24)22-17-9-4-2-5-10-17/h2-15H,16H2,1H3,(H,22,24). The van der Waals surface area contributed by atoms with Crippen LogP contribution < -0.4 is 14.4 Å². The van der Waals surface area contributed by atoms with E-state index >= 15 is 0 Å². The van der Waals surface area contributed by atoms with Crippen molar-refractivity contribution < 1.29 is 17.9 Å². The number of sulfonamides is 1. The minimum absolute atomic E-state index is 0.102. The van der Waals surface area contributed by atoms with Crippen LogP contribution in [0.4, 0.5) is 11.4 Å². The Morgan fingerprint density at radius 2 is 1.57 bits per heavy atom. The molecule has 0 spiro atoms. The van der Waals surface area contributed by atoms with Gasteiger partial charge in [-0.2, -0.15) is 0 Å². The van der Waals surface area contributed by atoms with Gasteiger partial charge in [-0.25, -0.2) is 8.42 Å². The Bertz CT molecular complexity index is 1040. The Balaban J connectivity index is 1.96. The predicted molar refractivity (Wildman–Crippen MR) is 109 cm³/mol. The van der Waals surface area contributed by atoms with Crippen LogP contribution in [0.1, 0.15) is 0 Å². The van der Waals surface area contributed by atoms with Gasteiger partial charge in [0.25, 0.3) is 10.0 Å². The number of rotatable bonds is 7. The normalized spacial score (nSPS) is 10.9. The zero-order valence-corrected chi connectivity index (χ0v) is 16.1. The summed E-state index contributed by atoms with van der Waals surface area (Å²) in [6.07, 6.45) is 0. The summed E-state index contributed by atoms with van der Waals surface area (Å²) in [4.78, 5) is 12.7. The Kier molecular flexibility index (Phi) is 5.96. The second-order valence-electron chi connectivity index (χ2n) is 5.94. The molecule has 7 heteroatoms. The molecule has 0 saturated carbocycles. The molecule has 0 aliphatic rings. The van der Waals surface area contributed by atoms with E-state index in [1.165, 1.54) is 19.2 Å². The van der Waals surface area contributed by atoms with E-state index in [0.717, 1.165) is 4.31 Å². The summed E-state index contributed by atoms with van der Waals surface area (Å²) >= 11 is 0. The molecule has 1 N–H and O–H groups in total. The van der Waals surface area contributed by atoms with E-state index in [9.17, 15) is 13.2 Å². The van der Waals surface area contributed by atoms with Crippen LogP contribution in [0.2, 0.25) is 0 Å². The predicted octanol–water partition coefficient (Wildman–Crippen LogP) is 3.53. The fourth-order valence-electron chi connectivity index (χ4n) is 2.65. The van der Waals surface area contributed by atoms with Crippen LogP contribution in [0.5, 0.6) is 5.75 Å². The summed E-state index contributed by atoms with van der Waals surface area (Å²) in [6.45, 7) is -0.376. The lowest BCUT2D eigenvalue weighted by molar-refractivity contribution is -0.114. The Morgan fingerprint density at radius 3 is 2.21 bits per heavy atom. The third-order valence-electron chi connectivity index (χ3n) is 4.02. The van der Waals surface area contributed by atoms with Gasteiger partial charge in [-0.15, -0.1) is 0 Å². The number of carbonyl (C=O) groups excluding carboxylic acids is 1. The van der Waals surface area contributed by atoms with Crippen molar-refractivity contribution in [2.24, 2.45) is 0 Å². The number of ether oxygens (including phenoxy) is 1. The average Bonchev–Trinajstić information content (AvgIpc) is 2.73. The quantitative estimate of drug-likeness (QED) is 0.663. The van der Waals surface area contributed by atoms with E-state index in [-0.39, 0.29) is 11.4 Å². The number of nitrogens with one attached hydrogen (secondary N) is 1. The molecule has 0 aliphatic heterocycles. The van der Waals surface area contributed by atoms with E-state index in [2.05, 4.69) is 5.32 Å². The highest BCUT2D eigenvalue weighted by Crippen LogP contribution is 2.27. The number of hydrogen-bond acceptors (Lipinski definition) is 4. The minimum atomic E-state index is -3.95. The number of benzene rings is 3. The molecule has 3 rings (SSSR count). The minimum Gasteiger partial charge on any atom is -0.497 e. The topological polar surface area (TPSA) is 75.7 Å². The van der Waals surface area contributed by atoms with E-state index in [1.54, 1.807) is 66.7 Å². The van der Waals surface area contributed by atoms with Gasteiger partial charge in [0.1, 0.15) is 12.3 Å². The van der Waals surface area contributed by atoms with E-state index < -0.39 is 15.9 Å². The number of hydrogen-bond donors (Lipinski definition) is 1. The van der Waals surface area contributed by atoms with Gasteiger partial charge < -0.3 is 10.1 Å². The molecule has 0 radical (unpaired) electrons. The molecule has 0 atom stereocenters. The number of carbonyl (C=O) groups is 1. The maximum atomic E-state index is 13.2. The average molecular weight is 396 g/mol. The first-order valence-corrected chi connectivity index (χ1v) is 10.0. The number of amides is 1. The van der Waals surface area contributed by atoms with Crippen LogP contribution in [-0.2, 0) is 14.8 Å². The molecule has 1 amide bonds. The number of para-hydroxylation sites is 1. The summed E-state index contributed by atoms with van der Waals surface area (Å²) in [7, 11) is -2.45. The van der Waals surface area contributed by atoms with Gasteiger partial charge >= 0.3 is 0 Å². The monoisotopic (exact) mass is 396 g/mol. The number of nitrogens with zero attached hydrogens (tertiary/aromatic N) is 1. The first-order chi connectivity index (χ1) is 13.5. The van der Waals surface area contributed by atoms with Crippen LogP contribution >= 0.6 is 0 Å². The Labute approximate surface area is 164 Å². The van der Waals surface area contributed by atoms with Crippen LogP contribution in [-0.4, -0.2) is 28.0 Å². The van der Waals surface area contributed by atoms with Gasteiger partial charge in [0.05, 0.1) is 17.7 Å². The van der Waals surface area contributed by atoms with Crippen molar-refractivity contribution in [1.29, 1.82) is 0 Å². The van der Waals surface area contributed by atoms with Crippen molar-refractivity contribution in [3.05, 3.63) is 84.9 Å². The van der Waals surface area contributed by atoms with Crippen molar-refractivity contribution in [3.63, 3.8) is 0 Å². The lowest BCUT2D eigenvalue weighted by atomic mass is 10.3.